The van der Waals surface area contributed by atoms with Crippen molar-refractivity contribution in [2.24, 2.45) is 0 Å². The predicted octanol–water partition coefficient (Wildman–Crippen LogP) is 5.06. The number of anilines is 1. The second-order valence-electron chi connectivity index (χ2n) is 7.52. The van der Waals surface area contributed by atoms with Gasteiger partial charge in [-0.2, -0.15) is 0 Å². The van der Waals surface area contributed by atoms with Crippen molar-refractivity contribution in [2.75, 3.05) is 5.32 Å². The fraction of sp³-hybridized carbons (Fsp3) is 0.409. The summed E-state index contributed by atoms with van der Waals surface area (Å²) in [6, 6.07) is 5.53. The number of hydrogen-bond acceptors (Lipinski definition) is 3. The predicted molar refractivity (Wildman–Crippen MR) is 112 cm³/mol. The molecule has 0 aliphatic heterocycles. The van der Waals surface area contributed by atoms with E-state index < -0.39 is 0 Å². The van der Waals surface area contributed by atoms with Gasteiger partial charge in [0.1, 0.15) is 0 Å². The number of nitrogens with zero attached hydrogens (tertiary/aromatic N) is 1. The topological polar surface area (TPSA) is 71.1 Å². The molecule has 0 atom stereocenters. The number of amides is 2. The molecular weight excluding hydrogens is 374 g/mol. The van der Waals surface area contributed by atoms with Crippen LogP contribution < -0.4 is 10.6 Å². The van der Waals surface area contributed by atoms with Gasteiger partial charge >= 0.3 is 0 Å². The van der Waals surface area contributed by atoms with Crippen molar-refractivity contribution in [2.45, 2.75) is 58.4 Å². The van der Waals surface area contributed by atoms with E-state index >= 15 is 0 Å². The molecule has 1 heterocycles. The number of pyridine rings is 1. The van der Waals surface area contributed by atoms with Gasteiger partial charge in [-0.25, -0.2) is 0 Å². The SMILES string of the molecule is Cc1cc(C)c(NC(=O)c2cncc(C(=O)NC3CCCCCC3)c2)c(Cl)c1. The van der Waals surface area contributed by atoms with Gasteiger partial charge in [-0.05, 0) is 49.9 Å². The van der Waals surface area contributed by atoms with Crippen molar-refractivity contribution < 1.29 is 9.59 Å². The van der Waals surface area contributed by atoms with E-state index in [0.717, 1.165) is 36.8 Å². The summed E-state index contributed by atoms with van der Waals surface area (Å²) in [6.45, 7) is 3.84. The molecule has 1 aliphatic carbocycles. The standard InChI is InChI=1S/C22H26ClN3O2/c1-14-9-15(2)20(19(23)10-14)26-22(28)17-11-16(12-24-13-17)21(27)25-18-7-5-3-4-6-8-18/h9-13,18H,3-8H2,1-2H3,(H,25,27)(H,26,28). The highest BCUT2D eigenvalue weighted by atomic mass is 35.5. The second kappa shape index (κ2) is 9.20. The number of nitrogens with one attached hydrogen (secondary N) is 2. The zero-order chi connectivity index (χ0) is 20.1. The number of halogens is 1. The van der Waals surface area contributed by atoms with Crippen LogP contribution in [0.4, 0.5) is 5.69 Å². The van der Waals surface area contributed by atoms with Crippen LogP contribution in [0.1, 0.15) is 70.4 Å². The van der Waals surface area contributed by atoms with Gasteiger partial charge < -0.3 is 10.6 Å². The molecule has 2 aromatic rings. The minimum Gasteiger partial charge on any atom is -0.349 e. The zero-order valence-corrected chi connectivity index (χ0v) is 17.1. The largest absolute Gasteiger partial charge is 0.349 e. The molecule has 28 heavy (non-hydrogen) atoms. The number of rotatable bonds is 4. The highest BCUT2D eigenvalue weighted by molar-refractivity contribution is 6.34. The van der Waals surface area contributed by atoms with Gasteiger partial charge in [0.15, 0.2) is 0 Å². The summed E-state index contributed by atoms with van der Waals surface area (Å²) in [6.07, 6.45) is 9.69. The molecular formula is C22H26ClN3O2. The maximum atomic E-state index is 12.7. The Labute approximate surface area is 170 Å². The summed E-state index contributed by atoms with van der Waals surface area (Å²) < 4.78 is 0. The molecule has 6 heteroatoms. The van der Waals surface area contributed by atoms with Crippen LogP contribution in [0, 0.1) is 13.8 Å². The first-order valence-electron chi connectivity index (χ1n) is 9.78. The van der Waals surface area contributed by atoms with Crippen molar-refractivity contribution in [3.8, 4) is 0 Å². The first kappa shape index (κ1) is 20.3. The normalized spacial score (nSPS) is 15.0. The average Bonchev–Trinajstić information content (AvgIpc) is 2.93. The van der Waals surface area contributed by atoms with E-state index in [2.05, 4.69) is 15.6 Å². The molecule has 1 saturated carbocycles. The Bertz CT molecular complexity index is 851. The Morgan fingerprint density at radius 2 is 1.61 bits per heavy atom. The maximum absolute atomic E-state index is 12.7. The molecule has 0 spiro atoms. The van der Waals surface area contributed by atoms with Crippen LogP contribution >= 0.6 is 11.6 Å². The number of aromatic nitrogens is 1. The van der Waals surface area contributed by atoms with E-state index in [0.29, 0.717) is 21.8 Å². The van der Waals surface area contributed by atoms with E-state index in [9.17, 15) is 9.59 Å². The van der Waals surface area contributed by atoms with Crippen LogP contribution in [0.3, 0.4) is 0 Å². The molecule has 3 rings (SSSR count). The van der Waals surface area contributed by atoms with Crippen LogP contribution in [-0.4, -0.2) is 22.8 Å². The van der Waals surface area contributed by atoms with Crippen molar-refractivity contribution in [1.29, 1.82) is 0 Å². The zero-order valence-electron chi connectivity index (χ0n) is 16.3. The smallest absolute Gasteiger partial charge is 0.257 e. The Balaban J connectivity index is 1.72. The lowest BCUT2D eigenvalue weighted by atomic mass is 10.1. The van der Waals surface area contributed by atoms with Crippen LogP contribution in [0.2, 0.25) is 5.02 Å². The second-order valence-corrected chi connectivity index (χ2v) is 7.92. The monoisotopic (exact) mass is 399 g/mol. The molecule has 1 aromatic carbocycles. The summed E-state index contributed by atoms with van der Waals surface area (Å²) in [7, 11) is 0. The molecule has 0 unspecified atom stereocenters. The van der Waals surface area contributed by atoms with Crippen LogP contribution in [-0.2, 0) is 0 Å². The molecule has 1 aliphatic rings. The summed E-state index contributed by atoms with van der Waals surface area (Å²) in [5, 5.41) is 6.41. The average molecular weight is 400 g/mol. The van der Waals surface area contributed by atoms with Gasteiger partial charge in [0.2, 0.25) is 0 Å². The molecule has 1 aromatic heterocycles. The molecule has 0 bridgehead atoms. The fourth-order valence-corrected chi connectivity index (χ4v) is 4.01. The first-order valence-corrected chi connectivity index (χ1v) is 10.2. The minimum atomic E-state index is -0.342. The molecule has 2 N–H and O–H groups in total. The lowest BCUT2D eigenvalue weighted by Crippen LogP contribution is -2.34. The van der Waals surface area contributed by atoms with Gasteiger partial charge in [0, 0.05) is 18.4 Å². The molecule has 0 radical (unpaired) electrons. The third-order valence-electron chi connectivity index (χ3n) is 5.12. The van der Waals surface area contributed by atoms with Gasteiger partial charge in [0.25, 0.3) is 11.8 Å². The minimum absolute atomic E-state index is 0.182. The number of aryl methyl sites for hydroxylation is 2. The lowest BCUT2D eigenvalue weighted by Gasteiger charge is -2.16. The van der Waals surface area contributed by atoms with Crippen LogP contribution in [0.15, 0.2) is 30.6 Å². The van der Waals surface area contributed by atoms with Gasteiger partial charge in [-0.15, -0.1) is 0 Å². The third kappa shape index (κ3) is 5.10. The number of benzene rings is 1. The number of carbonyl (C=O) groups excluding carboxylic acids is 2. The van der Waals surface area contributed by atoms with Gasteiger partial charge in [0.05, 0.1) is 21.8 Å². The van der Waals surface area contributed by atoms with Gasteiger partial charge in [-0.3, -0.25) is 14.6 Å². The van der Waals surface area contributed by atoms with Crippen LogP contribution in [0.5, 0.6) is 0 Å². The molecule has 2 amide bonds. The van der Waals surface area contributed by atoms with Crippen molar-refractivity contribution >= 4 is 29.1 Å². The van der Waals surface area contributed by atoms with Crippen molar-refractivity contribution in [1.82, 2.24) is 10.3 Å². The summed E-state index contributed by atoms with van der Waals surface area (Å²) in [5.41, 5.74) is 3.20. The number of carbonyl (C=O) groups is 2. The maximum Gasteiger partial charge on any atom is 0.257 e. The van der Waals surface area contributed by atoms with Crippen LogP contribution in [0.25, 0.3) is 0 Å². The lowest BCUT2D eigenvalue weighted by molar-refractivity contribution is 0.0933. The Hall–Kier alpha value is -2.40. The molecule has 5 nitrogen and oxygen atoms in total. The Morgan fingerprint density at radius 1 is 0.964 bits per heavy atom. The fourth-order valence-electron chi connectivity index (χ4n) is 3.64. The van der Waals surface area contributed by atoms with E-state index in [1.165, 1.54) is 25.2 Å². The highest BCUT2D eigenvalue weighted by Crippen LogP contribution is 2.27. The summed E-state index contributed by atoms with van der Waals surface area (Å²) in [5.74, 6) is -0.524. The van der Waals surface area contributed by atoms with E-state index in [-0.39, 0.29) is 17.9 Å². The highest BCUT2D eigenvalue weighted by Gasteiger charge is 2.18. The third-order valence-corrected chi connectivity index (χ3v) is 5.42. The summed E-state index contributed by atoms with van der Waals surface area (Å²) >= 11 is 6.28. The Morgan fingerprint density at radius 3 is 2.25 bits per heavy atom. The number of hydrogen-bond donors (Lipinski definition) is 2. The molecule has 148 valence electrons. The van der Waals surface area contributed by atoms with E-state index in [4.69, 9.17) is 11.6 Å². The molecule has 0 saturated heterocycles. The van der Waals surface area contributed by atoms with Gasteiger partial charge in [-0.1, -0.05) is 43.4 Å². The quantitative estimate of drug-likeness (QED) is 0.706. The molecule has 1 fully saturated rings. The van der Waals surface area contributed by atoms with Crippen molar-refractivity contribution in [3.63, 3.8) is 0 Å². The van der Waals surface area contributed by atoms with Crippen molar-refractivity contribution in [3.05, 3.63) is 57.9 Å². The first-order chi connectivity index (χ1) is 13.4. The Kier molecular flexibility index (Phi) is 6.68. The van der Waals surface area contributed by atoms with E-state index in [1.54, 1.807) is 12.1 Å². The van der Waals surface area contributed by atoms with E-state index in [1.807, 2.05) is 19.9 Å². The summed E-state index contributed by atoms with van der Waals surface area (Å²) in [4.78, 5) is 29.4.